The molecule has 1 saturated heterocycles. The maximum Gasteiger partial charge on any atom is 0.313 e. The van der Waals surface area contributed by atoms with Gasteiger partial charge in [-0.3, -0.25) is 4.79 Å². The molecule has 1 aliphatic heterocycles. The molecule has 1 unspecified atom stereocenters. The second kappa shape index (κ2) is 7.23. The summed E-state index contributed by atoms with van der Waals surface area (Å²) in [6, 6.07) is 19.9. The van der Waals surface area contributed by atoms with Gasteiger partial charge < -0.3 is 9.47 Å². The van der Waals surface area contributed by atoms with E-state index in [0.717, 1.165) is 24.0 Å². The van der Waals surface area contributed by atoms with E-state index in [1.807, 2.05) is 60.7 Å². The Morgan fingerprint density at radius 1 is 1.00 bits per heavy atom. The summed E-state index contributed by atoms with van der Waals surface area (Å²) in [6.45, 7) is 1.21. The van der Waals surface area contributed by atoms with Crippen molar-refractivity contribution < 1.29 is 14.3 Å². The van der Waals surface area contributed by atoms with E-state index in [2.05, 4.69) is 0 Å². The van der Waals surface area contributed by atoms with Crippen LogP contribution in [0.1, 0.15) is 29.9 Å². The first-order valence-corrected chi connectivity index (χ1v) is 7.70. The molecule has 114 valence electrons. The largest absolute Gasteiger partial charge is 0.462 e. The van der Waals surface area contributed by atoms with Crippen LogP contribution in [0.2, 0.25) is 0 Å². The highest BCUT2D eigenvalue weighted by Crippen LogP contribution is 2.31. The molecule has 0 aromatic heterocycles. The van der Waals surface area contributed by atoms with Gasteiger partial charge in [0.05, 0.1) is 19.1 Å². The van der Waals surface area contributed by atoms with E-state index in [0.29, 0.717) is 13.2 Å². The van der Waals surface area contributed by atoms with Crippen LogP contribution in [0.25, 0.3) is 0 Å². The van der Waals surface area contributed by atoms with Crippen molar-refractivity contribution in [2.24, 2.45) is 0 Å². The van der Waals surface area contributed by atoms with Crippen LogP contribution >= 0.6 is 0 Å². The Hall–Kier alpha value is -2.13. The predicted molar refractivity (Wildman–Crippen MR) is 84.4 cm³/mol. The molecule has 0 aliphatic carbocycles. The van der Waals surface area contributed by atoms with Crippen LogP contribution in [-0.2, 0) is 20.9 Å². The monoisotopic (exact) mass is 296 g/mol. The highest BCUT2D eigenvalue weighted by molar-refractivity contribution is 5.80. The summed E-state index contributed by atoms with van der Waals surface area (Å²) < 4.78 is 11.1. The topological polar surface area (TPSA) is 35.5 Å². The van der Waals surface area contributed by atoms with E-state index in [1.54, 1.807) is 0 Å². The molecule has 2 aromatic carbocycles. The number of carbonyl (C=O) groups is 1. The zero-order chi connectivity index (χ0) is 15.2. The van der Waals surface area contributed by atoms with Crippen molar-refractivity contribution in [1.82, 2.24) is 0 Å². The van der Waals surface area contributed by atoms with Crippen molar-refractivity contribution in [2.75, 3.05) is 6.61 Å². The van der Waals surface area contributed by atoms with Crippen molar-refractivity contribution in [2.45, 2.75) is 31.5 Å². The van der Waals surface area contributed by atoms with Gasteiger partial charge in [-0.2, -0.15) is 0 Å². The summed E-state index contributed by atoms with van der Waals surface area (Å²) in [6.07, 6.45) is 1.47. The number of cyclic esters (lactones) is 1. The molecule has 1 heterocycles. The van der Waals surface area contributed by atoms with Gasteiger partial charge in [0.2, 0.25) is 0 Å². The van der Waals surface area contributed by atoms with Gasteiger partial charge in [0.15, 0.2) is 0 Å². The lowest BCUT2D eigenvalue weighted by atomic mass is 9.95. The van der Waals surface area contributed by atoms with E-state index >= 15 is 0 Å². The fourth-order valence-corrected chi connectivity index (χ4v) is 2.77. The highest BCUT2D eigenvalue weighted by atomic mass is 16.6. The van der Waals surface area contributed by atoms with Gasteiger partial charge in [0, 0.05) is 12.8 Å². The number of ether oxygens (including phenoxy) is 2. The third-order valence-corrected chi connectivity index (χ3v) is 3.96. The van der Waals surface area contributed by atoms with Crippen LogP contribution in [0.5, 0.6) is 0 Å². The Balaban J connectivity index is 1.44. The Kier molecular flexibility index (Phi) is 4.86. The van der Waals surface area contributed by atoms with Crippen molar-refractivity contribution in [3.8, 4) is 0 Å². The molecule has 3 rings (SSSR count). The van der Waals surface area contributed by atoms with Crippen molar-refractivity contribution in [3.63, 3.8) is 0 Å². The number of esters is 1. The van der Waals surface area contributed by atoms with Crippen LogP contribution in [0.3, 0.4) is 0 Å². The average molecular weight is 296 g/mol. The molecule has 0 spiro atoms. The summed E-state index contributed by atoms with van der Waals surface area (Å²) in [5.41, 5.74) is 2.20. The summed E-state index contributed by atoms with van der Waals surface area (Å²) in [5, 5.41) is 0. The number of carbonyl (C=O) groups excluding carboxylic acids is 1. The molecule has 1 fully saturated rings. The molecular formula is C19H20O3. The van der Waals surface area contributed by atoms with Gasteiger partial charge >= 0.3 is 5.97 Å². The minimum atomic E-state index is -0.125. The van der Waals surface area contributed by atoms with E-state index in [-0.39, 0.29) is 18.0 Å². The van der Waals surface area contributed by atoms with E-state index in [9.17, 15) is 4.79 Å². The minimum Gasteiger partial charge on any atom is -0.462 e. The number of rotatable bonds is 6. The summed E-state index contributed by atoms with van der Waals surface area (Å²) in [5.74, 6) is -0.236. The molecule has 3 nitrogen and oxygen atoms in total. The second-order valence-electron chi connectivity index (χ2n) is 5.58. The quantitative estimate of drug-likeness (QED) is 0.602. The Morgan fingerprint density at radius 3 is 2.41 bits per heavy atom. The third-order valence-electron chi connectivity index (χ3n) is 3.96. The normalized spacial score (nSPS) is 20.8. The molecule has 22 heavy (non-hydrogen) atoms. The molecule has 1 aliphatic rings. The molecule has 2 atom stereocenters. The Bertz CT molecular complexity index is 595. The van der Waals surface area contributed by atoms with E-state index in [1.165, 1.54) is 0 Å². The molecule has 0 radical (unpaired) electrons. The number of benzene rings is 2. The van der Waals surface area contributed by atoms with Crippen LogP contribution in [0.4, 0.5) is 0 Å². The van der Waals surface area contributed by atoms with Crippen molar-refractivity contribution in [1.29, 1.82) is 0 Å². The van der Waals surface area contributed by atoms with Crippen LogP contribution in [0, 0.1) is 0 Å². The molecule has 0 N–H and O–H groups in total. The molecular weight excluding hydrogens is 276 g/mol. The molecule has 0 amide bonds. The average Bonchev–Trinajstić information content (AvgIpc) is 2.94. The van der Waals surface area contributed by atoms with E-state index in [4.69, 9.17) is 9.47 Å². The van der Waals surface area contributed by atoms with E-state index < -0.39 is 0 Å². The lowest BCUT2D eigenvalue weighted by molar-refractivity contribution is -0.143. The third kappa shape index (κ3) is 3.74. The Labute approximate surface area is 130 Å². The minimum absolute atomic E-state index is 0.0338. The van der Waals surface area contributed by atoms with Gasteiger partial charge in [0.1, 0.15) is 6.10 Å². The first-order chi connectivity index (χ1) is 10.8. The van der Waals surface area contributed by atoms with Crippen LogP contribution < -0.4 is 0 Å². The van der Waals surface area contributed by atoms with Crippen LogP contribution in [-0.4, -0.2) is 18.7 Å². The zero-order valence-electron chi connectivity index (χ0n) is 12.5. The van der Waals surface area contributed by atoms with Crippen molar-refractivity contribution in [3.05, 3.63) is 71.8 Å². The maximum atomic E-state index is 12.0. The standard InChI is InChI=1S/C19H20O3/c20-19-18(16-9-5-2-6-10-16)13-17(22-19)11-12-21-14-15-7-3-1-4-8-15/h1-10,17-18H,11-14H2/t17-,18?/m1/s1. The maximum absolute atomic E-state index is 12.0. The van der Waals surface area contributed by atoms with Gasteiger partial charge in [-0.25, -0.2) is 0 Å². The zero-order valence-corrected chi connectivity index (χ0v) is 12.5. The fraction of sp³-hybridized carbons (Fsp3) is 0.316. The molecule has 0 saturated carbocycles. The first kappa shape index (κ1) is 14.8. The fourth-order valence-electron chi connectivity index (χ4n) is 2.77. The van der Waals surface area contributed by atoms with Gasteiger partial charge in [-0.1, -0.05) is 60.7 Å². The van der Waals surface area contributed by atoms with Crippen LogP contribution in [0.15, 0.2) is 60.7 Å². The van der Waals surface area contributed by atoms with Crippen molar-refractivity contribution >= 4 is 5.97 Å². The van der Waals surface area contributed by atoms with Gasteiger partial charge in [-0.05, 0) is 11.1 Å². The predicted octanol–water partition coefficient (Wildman–Crippen LogP) is 3.69. The first-order valence-electron chi connectivity index (χ1n) is 7.70. The SMILES string of the molecule is O=C1O[C@H](CCOCc2ccccc2)CC1c1ccccc1. The number of hydrogen-bond donors (Lipinski definition) is 0. The number of hydrogen-bond acceptors (Lipinski definition) is 3. The van der Waals surface area contributed by atoms with Gasteiger partial charge in [0.25, 0.3) is 0 Å². The van der Waals surface area contributed by atoms with Gasteiger partial charge in [-0.15, -0.1) is 0 Å². The highest BCUT2D eigenvalue weighted by Gasteiger charge is 2.34. The summed E-state index contributed by atoms with van der Waals surface area (Å²) >= 11 is 0. The summed E-state index contributed by atoms with van der Waals surface area (Å²) in [7, 11) is 0. The summed E-state index contributed by atoms with van der Waals surface area (Å²) in [4.78, 5) is 12.0. The molecule has 3 heteroatoms. The molecule has 2 aromatic rings. The Morgan fingerprint density at radius 2 is 1.68 bits per heavy atom. The lowest BCUT2D eigenvalue weighted by Crippen LogP contribution is -2.10. The smallest absolute Gasteiger partial charge is 0.313 e. The molecule has 0 bridgehead atoms. The second-order valence-corrected chi connectivity index (χ2v) is 5.58. The lowest BCUT2D eigenvalue weighted by Gasteiger charge is -2.09.